The second-order valence-corrected chi connectivity index (χ2v) is 5.65. The lowest BCUT2D eigenvalue weighted by Crippen LogP contribution is -2.11. The lowest BCUT2D eigenvalue weighted by molar-refractivity contribution is 0.557. The predicted octanol–water partition coefficient (Wildman–Crippen LogP) is 3.16. The van der Waals surface area contributed by atoms with Gasteiger partial charge in [-0.3, -0.25) is 0 Å². The second-order valence-electron chi connectivity index (χ2n) is 5.03. The van der Waals surface area contributed by atoms with Crippen LogP contribution in [-0.2, 0) is 19.3 Å². The van der Waals surface area contributed by atoms with E-state index in [4.69, 9.17) is 11.6 Å². The minimum Gasteiger partial charge on any atom is -0.241 e. The number of hydrogen-bond acceptors (Lipinski definition) is 2. The fourth-order valence-corrected chi connectivity index (χ4v) is 2.91. The molecule has 1 atom stereocenters. The molecule has 2 rings (SSSR count). The quantitative estimate of drug-likeness (QED) is 0.753. The molecule has 0 bridgehead atoms. The molecular formula is C13H19ClN2. The molecule has 88 valence electrons. The van der Waals surface area contributed by atoms with Gasteiger partial charge in [-0.1, -0.05) is 13.8 Å². The Bertz CT molecular complexity index is 363. The van der Waals surface area contributed by atoms with Crippen molar-refractivity contribution in [3.63, 3.8) is 0 Å². The maximum Gasteiger partial charge on any atom is 0.115 e. The van der Waals surface area contributed by atoms with Gasteiger partial charge in [0.15, 0.2) is 0 Å². The molecule has 1 aromatic rings. The fourth-order valence-electron chi connectivity index (χ4n) is 2.41. The van der Waals surface area contributed by atoms with E-state index < -0.39 is 0 Å². The van der Waals surface area contributed by atoms with Crippen LogP contribution in [0.1, 0.15) is 43.6 Å². The van der Waals surface area contributed by atoms with Gasteiger partial charge >= 0.3 is 0 Å². The third-order valence-electron chi connectivity index (χ3n) is 3.11. The van der Waals surface area contributed by atoms with E-state index in [1.54, 1.807) is 6.33 Å². The monoisotopic (exact) mass is 238 g/mol. The van der Waals surface area contributed by atoms with Crippen molar-refractivity contribution in [3.05, 3.63) is 23.3 Å². The molecule has 0 N–H and O–H groups in total. The summed E-state index contributed by atoms with van der Waals surface area (Å²) in [6.07, 6.45) is 7.11. The van der Waals surface area contributed by atoms with Crippen molar-refractivity contribution < 1.29 is 0 Å². The van der Waals surface area contributed by atoms with Gasteiger partial charge in [-0.25, -0.2) is 9.97 Å². The number of rotatable bonds is 4. The molecule has 0 saturated carbocycles. The van der Waals surface area contributed by atoms with Gasteiger partial charge in [-0.15, -0.1) is 11.6 Å². The number of alkyl halides is 1. The lowest BCUT2D eigenvalue weighted by atomic mass is 10.0. The lowest BCUT2D eigenvalue weighted by Gasteiger charge is -2.13. The van der Waals surface area contributed by atoms with Crippen LogP contribution in [0.3, 0.4) is 0 Å². The molecule has 1 heterocycles. The zero-order valence-corrected chi connectivity index (χ0v) is 10.8. The van der Waals surface area contributed by atoms with Gasteiger partial charge in [0.2, 0.25) is 0 Å². The average molecular weight is 239 g/mol. The highest BCUT2D eigenvalue weighted by molar-refractivity contribution is 6.20. The molecule has 0 radical (unpaired) electrons. The number of aromatic nitrogens is 2. The van der Waals surface area contributed by atoms with Gasteiger partial charge in [0.1, 0.15) is 6.33 Å². The van der Waals surface area contributed by atoms with Crippen molar-refractivity contribution in [3.8, 4) is 0 Å². The van der Waals surface area contributed by atoms with Crippen molar-refractivity contribution >= 4 is 11.6 Å². The minimum absolute atomic E-state index is 0.208. The summed E-state index contributed by atoms with van der Waals surface area (Å²) in [6.45, 7) is 4.42. The first-order valence-corrected chi connectivity index (χ1v) is 6.56. The average Bonchev–Trinajstić information content (AvgIpc) is 2.65. The Kier molecular flexibility index (Phi) is 3.80. The van der Waals surface area contributed by atoms with Gasteiger partial charge in [-0.05, 0) is 37.2 Å². The molecule has 16 heavy (non-hydrogen) atoms. The molecular weight excluding hydrogens is 220 g/mol. The molecule has 0 aliphatic heterocycles. The SMILES string of the molecule is CC(C)CC(Cl)Cc1ncnc2c1CCC2. The Balaban J connectivity index is 2.07. The van der Waals surface area contributed by atoms with Crippen LogP contribution >= 0.6 is 11.6 Å². The first kappa shape index (κ1) is 11.8. The van der Waals surface area contributed by atoms with Gasteiger partial charge in [-0.2, -0.15) is 0 Å². The number of halogens is 1. The first-order valence-electron chi connectivity index (χ1n) is 6.12. The van der Waals surface area contributed by atoms with E-state index in [2.05, 4.69) is 23.8 Å². The molecule has 1 unspecified atom stereocenters. The van der Waals surface area contributed by atoms with Crippen LogP contribution in [0, 0.1) is 5.92 Å². The van der Waals surface area contributed by atoms with Crippen molar-refractivity contribution in [2.75, 3.05) is 0 Å². The maximum atomic E-state index is 6.35. The van der Waals surface area contributed by atoms with Crippen LogP contribution < -0.4 is 0 Å². The molecule has 2 nitrogen and oxygen atoms in total. The molecule has 1 aliphatic rings. The van der Waals surface area contributed by atoms with Gasteiger partial charge in [0, 0.05) is 23.2 Å². The van der Waals surface area contributed by atoms with Crippen LogP contribution in [0.2, 0.25) is 0 Å². The third-order valence-corrected chi connectivity index (χ3v) is 3.44. The predicted molar refractivity (Wildman–Crippen MR) is 66.9 cm³/mol. The topological polar surface area (TPSA) is 25.8 Å². The van der Waals surface area contributed by atoms with Crippen molar-refractivity contribution in [2.45, 2.75) is 51.3 Å². The summed E-state index contributed by atoms with van der Waals surface area (Å²) >= 11 is 6.35. The molecule has 0 saturated heterocycles. The normalized spacial score (nSPS) is 16.5. The van der Waals surface area contributed by atoms with E-state index >= 15 is 0 Å². The molecule has 1 aliphatic carbocycles. The van der Waals surface area contributed by atoms with Crippen LogP contribution in [-0.4, -0.2) is 15.3 Å². The maximum absolute atomic E-state index is 6.35. The second kappa shape index (κ2) is 5.13. The van der Waals surface area contributed by atoms with Crippen LogP contribution in [0.4, 0.5) is 0 Å². The van der Waals surface area contributed by atoms with E-state index in [0.717, 1.165) is 25.7 Å². The molecule has 1 aromatic heterocycles. The number of aryl methyl sites for hydroxylation is 1. The summed E-state index contributed by atoms with van der Waals surface area (Å²) < 4.78 is 0. The third kappa shape index (κ3) is 2.73. The van der Waals surface area contributed by atoms with Crippen molar-refractivity contribution in [1.82, 2.24) is 9.97 Å². The Hall–Kier alpha value is -0.630. The summed E-state index contributed by atoms with van der Waals surface area (Å²) in [5.74, 6) is 0.650. The van der Waals surface area contributed by atoms with Crippen LogP contribution in [0.5, 0.6) is 0 Å². The van der Waals surface area contributed by atoms with Gasteiger partial charge in [0.05, 0.1) is 0 Å². The minimum atomic E-state index is 0.208. The smallest absolute Gasteiger partial charge is 0.115 e. The van der Waals surface area contributed by atoms with Crippen LogP contribution in [0.15, 0.2) is 6.33 Å². The summed E-state index contributed by atoms with van der Waals surface area (Å²) in [6, 6.07) is 0. The van der Waals surface area contributed by atoms with E-state index in [9.17, 15) is 0 Å². The molecule has 0 amide bonds. The number of nitrogens with zero attached hydrogens (tertiary/aromatic N) is 2. The van der Waals surface area contributed by atoms with E-state index in [0.29, 0.717) is 5.92 Å². The first-order chi connectivity index (χ1) is 7.66. The highest BCUT2D eigenvalue weighted by atomic mass is 35.5. The summed E-state index contributed by atoms with van der Waals surface area (Å²) in [7, 11) is 0. The Morgan fingerprint density at radius 3 is 2.88 bits per heavy atom. The largest absolute Gasteiger partial charge is 0.241 e. The highest BCUT2D eigenvalue weighted by Crippen LogP contribution is 2.24. The Labute approximate surface area is 102 Å². The van der Waals surface area contributed by atoms with Crippen LogP contribution in [0.25, 0.3) is 0 Å². The van der Waals surface area contributed by atoms with E-state index in [1.165, 1.54) is 23.4 Å². The standard InChI is InChI=1S/C13H19ClN2/c1-9(2)6-10(14)7-13-11-4-3-5-12(11)15-8-16-13/h8-10H,3-7H2,1-2H3. The van der Waals surface area contributed by atoms with Crippen molar-refractivity contribution in [2.24, 2.45) is 5.92 Å². The summed E-state index contributed by atoms with van der Waals surface area (Å²) in [5.41, 5.74) is 3.80. The Morgan fingerprint density at radius 1 is 1.31 bits per heavy atom. The molecule has 0 fully saturated rings. The summed E-state index contributed by atoms with van der Waals surface area (Å²) in [4.78, 5) is 8.74. The van der Waals surface area contributed by atoms with E-state index in [1.807, 2.05) is 0 Å². The molecule has 3 heteroatoms. The highest BCUT2D eigenvalue weighted by Gasteiger charge is 2.19. The van der Waals surface area contributed by atoms with Gasteiger partial charge in [0.25, 0.3) is 0 Å². The van der Waals surface area contributed by atoms with Crippen molar-refractivity contribution in [1.29, 1.82) is 0 Å². The number of hydrogen-bond donors (Lipinski definition) is 0. The Morgan fingerprint density at radius 2 is 2.12 bits per heavy atom. The summed E-state index contributed by atoms with van der Waals surface area (Å²) in [5, 5.41) is 0.208. The zero-order chi connectivity index (χ0) is 11.5. The zero-order valence-electron chi connectivity index (χ0n) is 10.0. The molecule has 0 spiro atoms. The van der Waals surface area contributed by atoms with Gasteiger partial charge < -0.3 is 0 Å². The van der Waals surface area contributed by atoms with E-state index in [-0.39, 0.29) is 5.38 Å². The number of fused-ring (bicyclic) bond motifs is 1. The molecule has 0 aromatic carbocycles. The fraction of sp³-hybridized carbons (Fsp3) is 0.692.